The lowest BCUT2D eigenvalue weighted by Crippen LogP contribution is -2.36. The van der Waals surface area contributed by atoms with Crippen molar-refractivity contribution < 1.29 is 4.79 Å². The summed E-state index contributed by atoms with van der Waals surface area (Å²) in [7, 11) is 0. The van der Waals surface area contributed by atoms with Crippen molar-refractivity contribution in [3.63, 3.8) is 0 Å². The number of hydrogen-bond donors (Lipinski definition) is 0. The lowest BCUT2D eigenvalue weighted by Gasteiger charge is -2.30. The van der Waals surface area contributed by atoms with E-state index in [4.69, 9.17) is 0 Å². The second-order valence-electron chi connectivity index (χ2n) is 7.76. The molecule has 1 amide bonds. The zero-order valence-corrected chi connectivity index (χ0v) is 16.6. The van der Waals surface area contributed by atoms with Gasteiger partial charge in [0.1, 0.15) is 11.0 Å². The molecule has 2 aromatic heterocycles. The molecular weight excluding hydrogens is 338 g/mol. The molecule has 142 valence electrons. The van der Waals surface area contributed by atoms with Crippen molar-refractivity contribution in [2.24, 2.45) is 0 Å². The molecule has 6 nitrogen and oxygen atoms in total. The van der Waals surface area contributed by atoms with Crippen molar-refractivity contribution in [1.82, 2.24) is 19.6 Å². The second-order valence-corrected chi connectivity index (χ2v) is 7.76. The topological polar surface area (TPSA) is 56.0 Å². The minimum absolute atomic E-state index is 0.164. The Kier molecular flexibility index (Phi) is 4.50. The van der Waals surface area contributed by atoms with Gasteiger partial charge in [-0.05, 0) is 52.2 Å². The molecule has 0 unspecified atom stereocenters. The van der Waals surface area contributed by atoms with E-state index in [0.717, 1.165) is 41.8 Å². The van der Waals surface area contributed by atoms with E-state index in [2.05, 4.69) is 49.2 Å². The molecule has 0 saturated carbocycles. The van der Waals surface area contributed by atoms with Gasteiger partial charge in [-0.25, -0.2) is 0 Å². The van der Waals surface area contributed by atoms with Crippen LogP contribution in [0.3, 0.4) is 0 Å². The van der Waals surface area contributed by atoms with Crippen LogP contribution in [0.2, 0.25) is 0 Å². The average molecular weight is 365 g/mol. The standard InChI is InChI=1S/C21H27N5O/c1-14(2)26-19-13-22-25(21(19)16(4)23-26)11-9-20(27)24-10-5-6-17-12-15(3)7-8-18(17)24/h7-8,12-14H,5-6,9-11H2,1-4H3. The lowest BCUT2D eigenvalue weighted by atomic mass is 9.99. The van der Waals surface area contributed by atoms with E-state index in [1.165, 1.54) is 11.1 Å². The Labute approximate surface area is 159 Å². The van der Waals surface area contributed by atoms with E-state index in [0.29, 0.717) is 13.0 Å². The van der Waals surface area contributed by atoms with Crippen molar-refractivity contribution in [3.05, 3.63) is 41.2 Å². The fourth-order valence-corrected chi connectivity index (χ4v) is 4.06. The van der Waals surface area contributed by atoms with Gasteiger partial charge in [0.15, 0.2) is 0 Å². The molecule has 1 aromatic carbocycles. The first kappa shape index (κ1) is 17.8. The highest BCUT2D eigenvalue weighted by molar-refractivity contribution is 5.94. The van der Waals surface area contributed by atoms with Crippen LogP contribution in [-0.4, -0.2) is 32.0 Å². The summed E-state index contributed by atoms with van der Waals surface area (Å²) < 4.78 is 3.92. The van der Waals surface area contributed by atoms with Gasteiger partial charge in [-0.15, -0.1) is 0 Å². The van der Waals surface area contributed by atoms with Crippen LogP contribution >= 0.6 is 0 Å². The molecule has 0 saturated heterocycles. The fourth-order valence-electron chi connectivity index (χ4n) is 4.06. The Hall–Kier alpha value is -2.63. The SMILES string of the molecule is Cc1ccc2c(c1)CCCN2C(=O)CCn1ncc2c1c(C)nn2C(C)C. The van der Waals surface area contributed by atoms with Crippen LogP contribution in [0.4, 0.5) is 5.69 Å². The predicted molar refractivity (Wildman–Crippen MR) is 107 cm³/mol. The number of benzene rings is 1. The van der Waals surface area contributed by atoms with Gasteiger partial charge in [-0.3, -0.25) is 14.2 Å². The number of fused-ring (bicyclic) bond motifs is 2. The number of nitrogens with zero attached hydrogens (tertiary/aromatic N) is 5. The Morgan fingerprint density at radius 3 is 2.85 bits per heavy atom. The summed E-state index contributed by atoms with van der Waals surface area (Å²) in [4.78, 5) is 14.9. The van der Waals surface area contributed by atoms with E-state index in [-0.39, 0.29) is 11.9 Å². The van der Waals surface area contributed by atoms with Gasteiger partial charge in [-0.2, -0.15) is 10.2 Å². The number of carbonyl (C=O) groups excluding carboxylic acids is 1. The Bertz CT molecular complexity index is 998. The first-order valence-corrected chi connectivity index (χ1v) is 9.76. The van der Waals surface area contributed by atoms with Gasteiger partial charge >= 0.3 is 0 Å². The summed E-state index contributed by atoms with van der Waals surface area (Å²) in [5.74, 6) is 0.164. The number of aryl methyl sites for hydroxylation is 4. The van der Waals surface area contributed by atoms with Gasteiger partial charge in [-0.1, -0.05) is 17.7 Å². The van der Waals surface area contributed by atoms with Crippen LogP contribution in [0.5, 0.6) is 0 Å². The average Bonchev–Trinajstić information content (AvgIpc) is 3.20. The molecule has 0 bridgehead atoms. The second kappa shape index (κ2) is 6.83. The monoisotopic (exact) mass is 365 g/mol. The summed E-state index contributed by atoms with van der Waals surface area (Å²) in [6.45, 7) is 9.71. The molecule has 1 aliphatic rings. The largest absolute Gasteiger partial charge is 0.312 e. The van der Waals surface area contributed by atoms with Crippen LogP contribution < -0.4 is 4.90 Å². The van der Waals surface area contributed by atoms with Gasteiger partial charge in [0, 0.05) is 24.7 Å². The minimum Gasteiger partial charge on any atom is -0.312 e. The Morgan fingerprint density at radius 1 is 1.26 bits per heavy atom. The maximum absolute atomic E-state index is 12.9. The number of rotatable bonds is 4. The third kappa shape index (κ3) is 3.13. The third-order valence-corrected chi connectivity index (χ3v) is 5.35. The maximum atomic E-state index is 12.9. The predicted octanol–water partition coefficient (Wildman–Crippen LogP) is 3.80. The van der Waals surface area contributed by atoms with Crippen molar-refractivity contribution in [3.8, 4) is 0 Å². The molecule has 0 radical (unpaired) electrons. The van der Waals surface area contributed by atoms with Crippen LogP contribution in [0, 0.1) is 13.8 Å². The molecule has 6 heteroatoms. The fraction of sp³-hybridized carbons (Fsp3) is 0.476. The van der Waals surface area contributed by atoms with E-state index >= 15 is 0 Å². The zero-order valence-electron chi connectivity index (χ0n) is 16.6. The zero-order chi connectivity index (χ0) is 19.1. The smallest absolute Gasteiger partial charge is 0.228 e. The van der Waals surface area contributed by atoms with Gasteiger partial charge in [0.05, 0.1) is 18.4 Å². The maximum Gasteiger partial charge on any atom is 0.228 e. The summed E-state index contributed by atoms with van der Waals surface area (Å²) >= 11 is 0. The Balaban J connectivity index is 1.53. The van der Waals surface area contributed by atoms with Crippen molar-refractivity contribution in [2.75, 3.05) is 11.4 Å². The third-order valence-electron chi connectivity index (χ3n) is 5.35. The molecule has 4 rings (SSSR count). The number of carbonyl (C=O) groups is 1. The van der Waals surface area contributed by atoms with E-state index < -0.39 is 0 Å². The first-order valence-electron chi connectivity index (χ1n) is 9.76. The van der Waals surface area contributed by atoms with E-state index in [9.17, 15) is 4.79 Å². The van der Waals surface area contributed by atoms with E-state index in [1.807, 2.05) is 27.4 Å². The molecular formula is C21H27N5O. The molecule has 0 spiro atoms. The highest BCUT2D eigenvalue weighted by Gasteiger charge is 2.23. The highest BCUT2D eigenvalue weighted by atomic mass is 16.2. The number of aromatic nitrogens is 4. The highest BCUT2D eigenvalue weighted by Crippen LogP contribution is 2.29. The van der Waals surface area contributed by atoms with Crippen molar-refractivity contribution in [1.29, 1.82) is 0 Å². The lowest BCUT2D eigenvalue weighted by molar-refractivity contribution is -0.118. The number of anilines is 1. The molecule has 27 heavy (non-hydrogen) atoms. The quantitative estimate of drug-likeness (QED) is 0.707. The molecule has 0 fully saturated rings. The summed E-state index contributed by atoms with van der Waals surface area (Å²) in [6, 6.07) is 6.67. The van der Waals surface area contributed by atoms with E-state index in [1.54, 1.807) is 0 Å². The van der Waals surface area contributed by atoms with Crippen LogP contribution in [0.15, 0.2) is 24.4 Å². The molecule has 0 aliphatic carbocycles. The van der Waals surface area contributed by atoms with Crippen LogP contribution in [-0.2, 0) is 17.8 Å². The number of hydrogen-bond acceptors (Lipinski definition) is 3. The number of amides is 1. The van der Waals surface area contributed by atoms with Gasteiger partial charge in [0.25, 0.3) is 0 Å². The minimum atomic E-state index is 0.164. The molecule has 0 atom stereocenters. The van der Waals surface area contributed by atoms with Crippen LogP contribution in [0.25, 0.3) is 11.0 Å². The van der Waals surface area contributed by atoms with Crippen molar-refractivity contribution >= 4 is 22.6 Å². The molecule has 0 N–H and O–H groups in total. The first-order chi connectivity index (χ1) is 13.0. The summed E-state index contributed by atoms with van der Waals surface area (Å²) in [6.07, 6.45) is 4.37. The molecule has 1 aliphatic heterocycles. The summed E-state index contributed by atoms with van der Waals surface area (Å²) in [5.41, 5.74) is 6.64. The molecule has 3 aromatic rings. The van der Waals surface area contributed by atoms with Gasteiger partial charge in [0.2, 0.25) is 5.91 Å². The molecule has 3 heterocycles. The van der Waals surface area contributed by atoms with Gasteiger partial charge < -0.3 is 4.90 Å². The Morgan fingerprint density at radius 2 is 2.07 bits per heavy atom. The van der Waals surface area contributed by atoms with Crippen molar-refractivity contribution in [2.45, 2.75) is 59.5 Å². The van der Waals surface area contributed by atoms with Crippen LogP contribution in [0.1, 0.15) is 49.6 Å². The normalized spacial score (nSPS) is 14.2. The summed E-state index contributed by atoms with van der Waals surface area (Å²) in [5, 5.41) is 9.14.